The molecule has 150 valence electrons. The van der Waals surface area contributed by atoms with E-state index in [2.05, 4.69) is 20.6 Å². The third-order valence-corrected chi connectivity index (χ3v) is 5.05. The first kappa shape index (κ1) is 19.5. The number of H-pyrrole nitrogens is 1. The molecule has 2 atom stereocenters. The van der Waals surface area contributed by atoms with E-state index in [1.807, 2.05) is 6.07 Å². The summed E-state index contributed by atoms with van der Waals surface area (Å²) in [4.78, 5) is 32.4. The van der Waals surface area contributed by atoms with Crippen molar-refractivity contribution in [2.45, 2.75) is 6.04 Å². The summed E-state index contributed by atoms with van der Waals surface area (Å²) >= 11 is 5.94. The molecule has 1 aromatic heterocycles. The number of aromatic nitrogens is 2. The van der Waals surface area contributed by atoms with Crippen LogP contribution in [-0.4, -0.2) is 22.9 Å². The van der Waals surface area contributed by atoms with Gasteiger partial charge < -0.3 is 15.4 Å². The Labute approximate surface area is 176 Å². The third-order valence-electron chi connectivity index (χ3n) is 4.79. The van der Waals surface area contributed by atoms with Crippen LogP contribution in [0.3, 0.4) is 0 Å². The Balaban J connectivity index is 1.71. The summed E-state index contributed by atoms with van der Waals surface area (Å²) in [6.45, 7) is 0. The number of anilines is 3. The molecule has 0 spiro atoms. The minimum atomic E-state index is -1.07. The molecular weight excluding hydrogens is 406 g/mol. The summed E-state index contributed by atoms with van der Waals surface area (Å²) in [5, 5.41) is 16.2. The number of Topliss-reactive ketones (excluding diaryl/α,β-unsaturated/α-hetero) is 1. The van der Waals surface area contributed by atoms with E-state index in [0.29, 0.717) is 22.0 Å². The summed E-state index contributed by atoms with van der Waals surface area (Å²) in [6, 6.07) is 15.2. The van der Waals surface area contributed by atoms with Crippen molar-refractivity contribution in [2.75, 3.05) is 17.7 Å². The summed E-state index contributed by atoms with van der Waals surface area (Å²) in [5.41, 5.74) is 0.581. The first-order valence-electron chi connectivity index (χ1n) is 9.01. The molecule has 30 heavy (non-hydrogen) atoms. The first-order valence-corrected chi connectivity index (χ1v) is 9.39. The highest BCUT2D eigenvalue weighted by Gasteiger charge is 2.39. The molecule has 0 saturated heterocycles. The number of halogens is 1. The maximum Gasteiger partial charge on any atom is 0.265 e. The van der Waals surface area contributed by atoms with Crippen LogP contribution in [-0.2, 0) is 0 Å². The number of ketones is 1. The molecule has 0 radical (unpaired) electrons. The van der Waals surface area contributed by atoms with Gasteiger partial charge in [0.25, 0.3) is 5.56 Å². The smallest absolute Gasteiger partial charge is 0.265 e. The Morgan fingerprint density at radius 1 is 1.13 bits per heavy atom. The second-order valence-electron chi connectivity index (χ2n) is 6.64. The zero-order chi connectivity index (χ0) is 21.3. The van der Waals surface area contributed by atoms with Gasteiger partial charge in [-0.15, -0.1) is 0 Å². The number of nitriles is 1. The van der Waals surface area contributed by atoms with E-state index in [4.69, 9.17) is 16.3 Å². The maximum atomic E-state index is 12.9. The van der Waals surface area contributed by atoms with Crippen LogP contribution in [0.5, 0.6) is 5.75 Å². The van der Waals surface area contributed by atoms with Gasteiger partial charge in [0.1, 0.15) is 23.0 Å². The molecular formula is C21H16ClN5O3. The van der Waals surface area contributed by atoms with Crippen molar-refractivity contribution in [3.05, 3.63) is 75.0 Å². The van der Waals surface area contributed by atoms with Crippen LogP contribution in [0.4, 0.5) is 17.5 Å². The van der Waals surface area contributed by atoms with Gasteiger partial charge in [-0.2, -0.15) is 10.2 Å². The summed E-state index contributed by atoms with van der Waals surface area (Å²) in [7, 11) is 1.57. The Morgan fingerprint density at radius 2 is 1.83 bits per heavy atom. The number of methoxy groups -OCH3 is 1. The van der Waals surface area contributed by atoms with Crippen molar-refractivity contribution in [1.29, 1.82) is 5.26 Å². The molecule has 0 amide bonds. The normalized spacial score (nSPS) is 17.4. The molecule has 0 saturated carbocycles. The second kappa shape index (κ2) is 7.89. The maximum absolute atomic E-state index is 12.9. The average Bonchev–Trinajstić information content (AvgIpc) is 2.74. The van der Waals surface area contributed by atoms with E-state index >= 15 is 0 Å². The third kappa shape index (κ3) is 3.58. The van der Waals surface area contributed by atoms with Crippen LogP contribution in [0.2, 0.25) is 5.02 Å². The molecule has 2 aromatic carbocycles. The predicted octanol–water partition coefficient (Wildman–Crippen LogP) is 3.66. The van der Waals surface area contributed by atoms with Crippen molar-refractivity contribution >= 4 is 34.8 Å². The van der Waals surface area contributed by atoms with Crippen molar-refractivity contribution in [2.24, 2.45) is 5.92 Å². The lowest BCUT2D eigenvalue weighted by Gasteiger charge is -2.29. The van der Waals surface area contributed by atoms with Gasteiger partial charge in [-0.3, -0.25) is 14.6 Å². The number of fused-ring (bicyclic) bond motifs is 1. The van der Waals surface area contributed by atoms with Crippen LogP contribution in [0.25, 0.3) is 0 Å². The molecule has 3 aromatic rings. The molecule has 8 nitrogen and oxygen atoms in total. The van der Waals surface area contributed by atoms with Crippen molar-refractivity contribution in [3.63, 3.8) is 0 Å². The average molecular weight is 422 g/mol. The monoisotopic (exact) mass is 421 g/mol. The Hall–Kier alpha value is -3.83. The summed E-state index contributed by atoms with van der Waals surface area (Å²) in [6.07, 6.45) is 0. The summed E-state index contributed by atoms with van der Waals surface area (Å²) < 4.78 is 5.12. The van der Waals surface area contributed by atoms with Gasteiger partial charge in [0.05, 0.1) is 19.2 Å². The highest BCUT2D eigenvalue weighted by molar-refractivity contribution is 6.30. The zero-order valence-corrected chi connectivity index (χ0v) is 16.5. The van der Waals surface area contributed by atoms with Gasteiger partial charge >= 0.3 is 0 Å². The fourth-order valence-electron chi connectivity index (χ4n) is 3.29. The van der Waals surface area contributed by atoms with Gasteiger partial charge in [-0.1, -0.05) is 23.7 Å². The molecule has 0 fully saturated rings. The Morgan fingerprint density at radius 3 is 2.47 bits per heavy atom. The Bertz CT molecular complexity index is 1200. The predicted molar refractivity (Wildman–Crippen MR) is 112 cm³/mol. The second-order valence-corrected chi connectivity index (χ2v) is 7.07. The largest absolute Gasteiger partial charge is 0.497 e. The number of hydrogen-bond donors (Lipinski definition) is 3. The van der Waals surface area contributed by atoms with E-state index in [0.717, 1.165) is 0 Å². The summed E-state index contributed by atoms with van der Waals surface area (Å²) in [5.74, 6) is -0.674. The number of carbonyl (C=O) groups is 1. The number of carbonyl (C=O) groups excluding carboxylic acids is 1. The van der Waals surface area contributed by atoms with Gasteiger partial charge in [-0.25, -0.2) is 0 Å². The van der Waals surface area contributed by atoms with Crippen LogP contribution in [0, 0.1) is 17.2 Å². The molecule has 0 bridgehead atoms. The molecule has 2 heterocycles. The van der Waals surface area contributed by atoms with Gasteiger partial charge in [0, 0.05) is 10.7 Å². The fraction of sp³-hybridized carbons (Fsp3) is 0.143. The van der Waals surface area contributed by atoms with Crippen LogP contribution >= 0.6 is 11.6 Å². The number of ether oxygens (including phenoxy) is 1. The van der Waals surface area contributed by atoms with E-state index in [1.165, 1.54) is 0 Å². The van der Waals surface area contributed by atoms with Crippen LogP contribution < -0.4 is 20.9 Å². The topological polar surface area (TPSA) is 120 Å². The van der Waals surface area contributed by atoms with Crippen molar-refractivity contribution in [3.8, 4) is 11.8 Å². The Kier molecular flexibility index (Phi) is 5.12. The quantitative estimate of drug-likeness (QED) is 0.587. The number of aromatic amines is 1. The molecule has 9 heteroatoms. The van der Waals surface area contributed by atoms with E-state index in [1.54, 1.807) is 55.6 Å². The lowest BCUT2D eigenvalue weighted by Crippen LogP contribution is -2.37. The van der Waals surface area contributed by atoms with Crippen molar-refractivity contribution < 1.29 is 9.53 Å². The fourth-order valence-corrected chi connectivity index (χ4v) is 3.42. The highest BCUT2D eigenvalue weighted by atomic mass is 35.5. The number of hydrogen-bond acceptors (Lipinski definition) is 7. The SMILES string of the molecule is COc1ccc(Nc2nc3c(c(=O)[nH]2)C(=O)C(C#N)C(c2ccc(Cl)cc2)N3)cc1. The molecule has 2 unspecified atom stereocenters. The highest BCUT2D eigenvalue weighted by Crippen LogP contribution is 2.35. The minimum Gasteiger partial charge on any atom is -0.497 e. The molecule has 4 rings (SSSR count). The molecule has 0 aliphatic carbocycles. The van der Waals surface area contributed by atoms with Crippen LogP contribution in [0.1, 0.15) is 22.0 Å². The number of nitrogens with one attached hydrogen (secondary N) is 3. The minimum absolute atomic E-state index is 0.117. The molecule has 1 aliphatic rings. The van der Waals surface area contributed by atoms with Gasteiger partial charge in [0.15, 0.2) is 5.78 Å². The standard InChI is InChI=1S/C21H16ClN5O3/c1-30-14-8-6-13(7-9-14)24-21-26-19-16(20(29)27-21)18(28)15(10-23)17(25-19)11-2-4-12(22)5-3-11/h2-9,15,17H,1H3,(H3,24,25,26,27,29). The number of rotatable bonds is 4. The number of nitrogens with zero attached hydrogens (tertiary/aromatic N) is 2. The van der Waals surface area contributed by atoms with E-state index in [-0.39, 0.29) is 17.3 Å². The lowest BCUT2D eigenvalue weighted by atomic mass is 9.85. The lowest BCUT2D eigenvalue weighted by molar-refractivity contribution is 0.0930. The van der Waals surface area contributed by atoms with Crippen LogP contribution in [0.15, 0.2) is 53.3 Å². The molecule has 3 N–H and O–H groups in total. The van der Waals surface area contributed by atoms with Gasteiger partial charge in [0.2, 0.25) is 5.95 Å². The van der Waals surface area contributed by atoms with E-state index in [9.17, 15) is 14.9 Å². The van der Waals surface area contributed by atoms with Gasteiger partial charge in [-0.05, 0) is 42.0 Å². The van der Waals surface area contributed by atoms with Crippen molar-refractivity contribution in [1.82, 2.24) is 9.97 Å². The van der Waals surface area contributed by atoms with E-state index < -0.39 is 23.3 Å². The molecule has 1 aliphatic heterocycles. The zero-order valence-electron chi connectivity index (χ0n) is 15.8. The first-order chi connectivity index (χ1) is 14.5. The number of benzene rings is 2.